The number of rotatable bonds is 10. The van der Waals surface area contributed by atoms with E-state index in [1.54, 1.807) is 11.0 Å². The van der Waals surface area contributed by atoms with Crippen molar-refractivity contribution in [2.45, 2.75) is 31.6 Å². The molecule has 15 heteroatoms. The van der Waals surface area contributed by atoms with E-state index in [4.69, 9.17) is 23.1 Å². The normalized spacial score (nSPS) is 15.0. The fourth-order valence-corrected chi connectivity index (χ4v) is 4.25. The highest BCUT2D eigenvalue weighted by Crippen LogP contribution is 2.31. The van der Waals surface area contributed by atoms with Crippen molar-refractivity contribution in [1.82, 2.24) is 10.2 Å². The standard InChI is InChI=1S/C25H28ClF5N6O3/c26-15-2-4-18(19(11-15)37-9-7-36(8-10-37)6-5-25(29,30)31)35-23(39)16-3-1-14(21(27)22(16)28)13-34-24(40)17(32)12-20(33)38/h1-4,11,17H,5-10,12-13,32H2,(H2,33,38)(H,34,40)(H,35,39)/t17-/m0/s1. The van der Waals surface area contributed by atoms with Crippen LogP contribution < -0.4 is 27.0 Å². The Morgan fingerprint density at radius 2 is 1.70 bits per heavy atom. The SMILES string of the molecule is NC(=O)C[C@H](N)C(=O)NCc1ccc(C(=O)Nc2ccc(Cl)cc2N2CCN(CCC(F)(F)F)CC2)c(F)c1F. The molecule has 3 amide bonds. The molecule has 0 radical (unpaired) electrons. The van der Waals surface area contributed by atoms with Crippen molar-refractivity contribution in [2.24, 2.45) is 11.5 Å². The summed E-state index contributed by atoms with van der Waals surface area (Å²) in [5.74, 6) is -5.36. The molecule has 2 aromatic rings. The number of carbonyl (C=O) groups excluding carboxylic acids is 3. The Morgan fingerprint density at radius 1 is 1.02 bits per heavy atom. The van der Waals surface area contributed by atoms with E-state index >= 15 is 0 Å². The zero-order chi connectivity index (χ0) is 29.6. The van der Waals surface area contributed by atoms with Crippen LogP contribution in [0.4, 0.5) is 33.3 Å². The Balaban J connectivity index is 1.68. The number of hydrogen-bond donors (Lipinski definition) is 4. The number of benzene rings is 2. The van der Waals surface area contributed by atoms with Crippen molar-refractivity contribution in [3.8, 4) is 0 Å². The van der Waals surface area contributed by atoms with Crippen molar-refractivity contribution in [1.29, 1.82) is 0 Å². The highest BCUT2D eigenvalue weighted by atomic mass is 35.5. The molecule has 6 N–H and O–H groups in total. The number of nitrogens with zero attached hydrogens (tertiary/aromatic N) is 2. The molecule has 1 heterocycles. The van der Waals surface area contributed by atoms with Crippen LogP contribution in [0.1, 0.15) is 28.8 Å². The van der Waals surface area contributed by atoms with Gasteiger partial charge in [0.2, 0.25) is 11.8 Å². The van der Waals surface area contributed by atoms with E-state index in [1.165, 1.54) is 12.1 Å². The number of carbonyl (C=O) groups is 3. The van der Waals surface area contributed by atoms with E-state index in [9.17, 15) is 36.3 Å². The maximum atomic E-state index is 14.8. The molecule has 1 saturated heterocycles. The average molecular weight is 591 g/mol. The van der Waals surface area contributed by atoms with Crippen LogP contribution in [-0.4, -0.2) is 67.6 Å². The van der Waals surface area contributed by atoms with E-state index in [-0.39, 0.29) is 17.8 Å². The minimum atomic E-state index is -4.25. The molecule has 9 nitrogen and oxygen atoms in total. The lowest BCUT2D eigenvalue weighted by Gasteiger charge is -2.37. The summed E-state index contributed by atoms with van der Waals surface area (Å²) in [6.07, 6.45) is -5.59. The first-order valence-electron chi connectivity index (χ1n) is 12.2. The van der Waals surface area contributed by atoms with Gasteiger partial charge in [0.25, 0.3) is 5.91 Å². The van der Waals surface area contributed by atoms with Crippen LogP contribution in [0.3, 0.4) is 0 Å². The Kier molecular flexibility index (Phi) is 10.3. The summed E-state index contributed by atoms with van der Waals surface area (Å²) in [4.78, 5) is 39.2. The van der Waals surface area contributed by atoms with Gasteiger partial charge in [0.1, 0.15) is 0 Å². The molecule has 0 unspecified atom stereocenters. The highest BCUT2D eigenvalue weighted by molar-refractivity contribution is 6.31. The lowest BCUT2D eigenvalue weighted by Crippen LogP contribution is -2.47. The van der Waals surface area contributed by atoms with Gasteiger partial charge in [0.15, 0.2) is 11.6 Å². The van der Waals surface area contributed by atoms with Crippen LogP contribution in [0, 0.1) is 11.6 Å². The Hall–Kier alpha value is -3.49. The van der Waals surface area contributed by atoms with E-state index in [0.29, 0.717) is 36.9 Å². The summed E-state index contributed by atoms with van der Waals surface area (Å²) in [6.45, 7) is 0.830. The van der Waals surface area contributed by atoms with Crippen LogP contribution in [-0.2, 0) is 16.1 Å². The van der Waals surface area contributed by atoms with E-state index in [2.05, 4.69) is 10.6 Å². The minimum absolute atomic E-state index is 0.124. The molecule has 1 atom stereocenters. The van der Waals surface area contributed by atoms with Crippen molar-refractivity contribution < 1.29 is 36.3 Å². The quantitative estimate of drug-likeness (QED) is 0.315. The predicted molar refractivity (Wildman–Crippen MR) is 139 cm³/mol. The number of nitrogens with two attached hydrogens (primary N) is 2. The number of nitrogens with one attached hydrogen (secondary N) is 2. The second kappa shape index (κ2) is 13.2. The first-order valence-corrected chi connectivity index (χ1v) is 12.6. The van der Waals surface area contributed by atoms with E-state index in [1.807, 2.05) is 4.90 Å². The molecular formula is C25H28ClF5N6O3. The summed E-state index contributed by atoms with van der Waals surface area (Å²) < 4.78 is 67.2. The molecule has 0 aromatic heterocycles. The lowest BCUT2D eigenvalue weighted by atomic mass is 10.1. The first kappa shape index (κ1) is 31.0. The molecule has 3 rings (SSSR count). The van der Waals surface area contributed by atoms with Crippen LogP contribution in [0.2, 0.25) is 5.02 Å². The second-order valence-electron chi connectivity index (χ2n) is 9.20. The Morgan fingerprint density at radius 3 is 2.33 bits per heavy atom. The lowest BCUT2D eigenvalue weighted by molar-refractivity contribution is -0.138. The van der Waals surface area contributed by atoms with Crippen molar-refractivity contribution in [2.75, 3.05) is 42.9 Å². The number of anilines is 2. The molecule has 40 heavy (non-hydrogen) atoms. The van der Waals surface area contributed by atoms with Gasteiger partial charge in [-0.05, 0) is 24.3 Å². The fraction of sp³-hybridized carbons (Fsp3) is 0.400. The largest absolute Gasteiger partial charge is 0.390 e. The molecule has 0 saturated carbocycles. The maximum absolute atomic E-state index is 14.8. The van der Waals surface area contributed by atoms with Crippen LogP contribution >= 0.6 is 11.6 Å². The molecule has 0 bridgehead atoms. The summed E-state index contributed by atoms with van der Waals surface area (Å²) in [6, 6.07) is 5.45. The van der Waals surface area contributed by atoms with Gasteiger partial charge in [-0.3, -0.25) is 19.3 Å². The minimum Gasteiger partial charge on any atom is -0.370 e. The average Bonchev–Trinajstić information content (AvgIpc) is 2.88. The fourth-order valence-electron chi connectivity index (χ4n) is 4.08. The number of amides is 3. The summed E-state index contributed by atoms with van der Waals surface area (Å²) >= 11 is 6.13. The van der Waals surface area contributed by atoms with Crippen molar-refractivity contribution >= 4 is 40.7 Å². The van der Waals surface area contributed by atoms with E-state index < -0.39 is 66.5 Å². The Labute approximate surface area is 231 Å². The number of halogens is 6. The number of hydrogen-bond acceptors (Lipinski definition) is 6. The number of alkyl halides is 3. The van der Waals surface area contributed by atoms with Gasteiger partial charge in [-0.1, -0.05) is 17.7 Å². The van der Waals surface area contributed by atoms with Gasteiger partial charge in [-0.15, -0.1) is 0 Å². The third-order valence-corrected chi connectivity index (χ3v) is 6.49. The van der Waals surface area contributed by atoms with Crippen LogP contribution in [0.5, 0.6) is 0 Å². The van der Waals surface area contributed by atoms with Crippen LogP contribution in [0.25, 0.3) is 0 Å². The number of primary amides is 1. The molecule has 218 valence electrons. The predicted octanol–water partition coefficient (Wildman–Crippen LogP) is 2.76. The summed E-state index contributed by atoms with van der Waals surface area (Å²) in [5.41, 5.74) is 10.4. The number of piperazine rings is 1. The highest BCUT2D eigenvalue weighted by Gasteiger charge is 2.29. The summed E-state index contributed by atoms with van der Waals surface area (Å²) in [7, 11) is 0. The zero-order valence-electron chi connectivity index (χ0n) is 21.2. The van der Waals surface area contributed by atoms with Gasteiger partial charge in [0.05, 0.1) is 35.8 Å². The smallest absolute Gasteiger partial charge is 0.370 e. The monoisotopic (exact) mass is 590 g/mol. The van der Waals surface area contributed by atoms with Gasteiger partial charge in [-0.25, -0.2) is 8.78 Å². The molecule has 1 aliphatic heterocycles. The summed E-state index contributed by atoms with van der Waals surface area (Å²) in [5, 5.41) is 5.15. The molecule has 0 spiro atoms. The van der Waals surface area contributed by atoms with Gasteiger partial charge >= 0.3 is 6.18 Å². The molecule has 1 fully saturated rings. The topological polar surface area (TPSA) is 134 Å². The third-order valence-electron chi connectivity index (χ3n) is 6.25. The van der Waals surface area contributed by atoms with Gasteiger partial charge < -0.3 is 27.0 Å². The molecule has 2 aromatic carbocycles. The third kappa shape index (κ3) is 8.50. The molecular weight excluding hydrogens is 563 g/mol. The second-order valence-corrected chi connectivity index (χ2v) is 9.64. The molecule has 1 aliphatic rings. The van der Waals surface area contributed by atoms with Crippen molar-refractivity contribution in [3.63, 3.8) is 0 Å². The maximum Gasteiger partial charge on any atom is 0.390 e. The van der Waals surface area contributed by atoms with Gasteiger partial charge in [-0.2, -0.15) is 13.2 Å². The molecule has 0 aliphatic carbocycles. The van der Waals surface area contributed by atoms with Crippen LogP contribution in [0.15, 0.2) is 30.3 Å². The Bertz CT molecular complexity index is 1250. The van der Waals surface area contributed by atoms with Gasteiger partial charge in [0, 0.05) is 49.9 Å². The first-order chi connectivity index (χ1) is 18.7. The zero-order valence-corrected chi connectivity index (χ0v) is 21.9. The van der Waals surface area contributed by atoms with E-state index in [0.717, 1.165) is 12.1 Å². The van der Waals surface area contributed by atoms with Crippen molar-refractivity contribution in [3.05, 3.63) is 58.1 Å².